The number of hydrogen-bond donors (Lipinski definition) is 0. The Morgan fingerprint density at radius 1 is 1.19 bits per heavy atom. The molecule has 0 unspecified atom stereocenters. The molecule has 0 aliphatic carbocycles. The molecule has 4 nitrogen and oxygen atoms in total. The molecule has 0 saturated carbocycles. The van der Waals surface area contributed by atoms with E-state index in [1.165, 1.54) is 6.07 Å². The fourth-order valence-electron chi connectivity index (χ4n) is 1.97. The molecule has 0 aromatic heterocycles. The summed E-state index contributed by atoms with van der Waals surface area (Å²) >= 11 is 6.78. The second-order valence-electron chi connectivity index (χ2n) is 4.67. The van der Waals surface area contributed by atoms with Gasteiger partial charge in [-0.2, -0.15) is 0 Å². The van der Waals surface area contributed by atoms with Crippen LogP contribution in [0.3, 0.4) is 0 Å². The zero-order valence-electron chi connectivity index (χ0n) is 11.5. The number of halogens is 2. The number of nitro groups is 1. The predicted octanol–water partition coefficient (Wildman–Crippen LogP) is 5.66. The summed E-state index contributed by atoms with van der Waals surface area (Å²) in [5.74, 6) is 0.828. The molecule has 2 aromatic carbocycles. The number of alkyl halides is 1. The van der Waals surface area contributed by atoms with E-state index in [0.29, 0.717) is 11.1 Å². The number of benzene rings is 2. The Labute approximate surface area is 139 Å². The van der Waals surface area contributed by atoms with Gasteiger partial charge in [0.25, 0.3) is 0 Å². The molecule has 0 spiro atoms. The van der Waals surface area contributed by atoms with Gasteiger partial charge in [-0.3, -0.25) is 10.1 Å². The van der Waals surface area contributed by atoms with Crippen molar-refractivity contribution in [2.45, 2.75) is 19.2 Å². The number of ether oxygens (including phenoxy) is 1. The van der Waals surface area contributed by atoms with E-state index in [-0.39, 0.29) is 11.4 Å². The van der Waals surface area contributed by atoms with Gasteiger partial charge in [0.05, 0.1) is 4.92 Å². The van der Waals surface area contributed by atoms with Gasteiger partial charge in [-0.1, -0.05) is 37.9 Å². The van der Waals surface area contributed by atoms with Gasteiger partial charge in [0.2, 0.25) is 5.75 Å². The normalized spacial score (nSPS) is 10.5. The third-order valence-corrected chi connectivity index (χ3v) is 4.91. The van der Waals surface area contributed by atoms with Crippen LogP contribution in [0.2, 0.25) is 0 Å². The van der Waals surface area contributed by atoms with Crippen molar-refractivity contribution in [3.63, 3.8) is 0 Å². The number of nitro benzene ring substituents is 1. The van der Waals surface area contributed by atoms with Crippen LogP contribution in [0.15, 0.2) is 34.8 Å². The van der Waals surface area contributed by atoms with Gasteiger partial charge in [0, 0.05) is 15.9 Å². The molecule has 0 saturated heterocycles. The van der Waals surface area contributed by atoms with E-state index in [0.717, 1.165) is 21.2 Å². The van der Waals surface area contributed by atoms with Gasteiger partial charge < -0.3 is 4.74 Å². The lowest BCUT2D eigenvalue weighted by Crippen LogP contribution is -1.95. The SMILES string of the molecule is Cc1cc(Oc2ccc(CBr)cc2[N+](=O)[O-])cc(C)c1Br. The summed E-state index contributed by atoms with van der Waals surface area (Å²) in [6.07, 6.45) is 0. The first-order valence-electron chi connectivity index (χ1n) is 6.20. The van der Waals surface area contributed by atoms with Crippen molar-refractivity contribution < 1.29 is 9.66 Å². The van der Waals surface area contributed by atoms with Crippen LogP contribution in [0.4, 0.5) is 5.69 Å². The molecule has 0 aliphatic heterocycles. The molecule has 0 amide bonds. The fraction of sp³-hybridized carbons (Fsp3) is 0.200. The summed E-state index contributed by atoms with van der Waals surface area (Å²) in [4.78, 5) is 10.7. The molecule has 0 aliphatic rings. The van der Waals surface area contributed by atoms with E-state index in [9.17, 15) is 10.1 Å². The maximum Gasteiger partial charge on any atom is 0.311 e. The van der Waals surface area contributed by atoms with E-state index < -0.39 is 4.92 Å². The highest BCUT2D eigenvalue weighted by Gasteiger charge is 2.17. The Morgan fingerprint density at radius 2 is 1.81 bits per heavy atom. The Morgan fingerprint density at radius 3 is 2.33 bits per heavy atom. The molecular formula is C15H13Br2NO3. The zero-order valence-corrected chi connectivity index (χ0v) is 14.7. The quantitative estimate of drug-likeness (QED) is 0.368. The molecule has 0 bridgehead atoms. The monoisotopic (exact) mass is 413 g/mol. The standard InChI is InChI=1S/C15H13Br2NO3/c1-9-5-12(6-10(2)15(9)17)21-14-4-3-11(8-16)7-13(14)18(19)20/h3-7H,8H2,1-2H3. The number of rotatable bonds is 4. The van der Waals surface area contributed by atoms with Crippen molar-refractivity contribution in [3.05, 3.63) is 61.6 Å². The van der Waals surface area contributed by atoms with Crippen molar-refractivity contribution in [1.82, 2.24) is 0 Å². The summed E-state index contributed by atoms with van der Waals surface area (Å²) in [5.41, 5.74) is 2.83. The van der Waals surface area contributed by atoms with Crippen LogP contribution in [0.1, 0.15) is 16.7 Å². The average Bonchev–Trinajstić information content (AvgIpc) is 2.44. The Bertz CT molecular complexity index is 678. The maximum absolute atomic E-state index is 11.2. The number of nitrogens with zero attached hydrogens (tertiary/aromatic N) is 1. The van der Waals surface area contributed by atoms with Crippen molar-refractivity contribution in [3.8, 4) is 11.5 Å². The lowest BCUT2D eigenvalue weighted by Gasteiger charge is -2.10. The zero-order chi connectivity index (χ0) is 15.6. The lowest BCUT2D eigenvalue weighted by atomic mass is 10.1. The molecule has 0 fully saturated rings. The van der Waals surface area contributed by atoms with Crippen LogP contribution < -0.4 is 4.74 Å². The van der Waals surface area contributed by atoms with Crippen LogP contribution in [-0.2, 0) is 5.33 Å². The van der Waals surface area contributed by atoms with E-state index in [1.807, 2.05) is 26.0 Å². The van der Waals surface area contributed by atoms with Crippen LogP contribution >= 0.6 is 31.9 Å². The maximum atomic E-state index is 11.2. The highest BCUT2D eigenvalue weighted by molar-refractivity contribution is 9.10. The summed E-state index contributed by atoms with van der Waals surface area (Å²) in [5, 5.41) is 11.7. The van der Waals surface area contributed by atoms with Gasteiger partial charge in [0.15, 0.2) is 0 Å². The van der Waals surface area contributed by atoms with Crippen molar-refractivity contribution in [2.24, 2.45) is 0 Å². The molecule has 110 valence electrons. The molecular weight excluding hydrogens is 402 g/mol. The smallest absolute Gasteiger partial charge is 0.311 e. The molecule has 6 heteroatoms. The minimum Gasteiger partial charge on any atom is -0.450 e. The molecule has 0 N–H and O–H groups in total. The molecule has 0 atom stereocenters. The number of hydrogen-bond acceptors (Lipinski definition) is 3. The van der Waals surface area contributed by atoms with Crippen LogP contribution in [0, 0.1) is 24.0 Å². The van der Waals surface area contributed by atoms with Gasteiger partial charge in [-0.25, -0.2) is 0 Å². The second-order valence-corrected chi connectivity index (χ2v) is 6.02. The first-order chi connectivity index (χ1) is 9.92. The minimum atomic E-state index is -0.430. The summed E-state index contributed by atoms with van der Waals surface area (Å²) in [7, 11) is 0. The Kier molecular flexibility index (Phi) is 5.00. The van der Waals surface area contributed by atoms with Crippen molar-refractivity contribution in [1.29, 1.82) is 0 Å². The fourth-order valence-corrected chi connectivity index (χ4v) is 2.54. The van der Waals surface area contributed by atoms with E-state index >= 15 is 0 Å². The Hall–Kier alpha value is -1.40. The third-order valence-electron chi connectivity index (χ3n) is 3.01. The largest absolute Gasteiger partial charge is 0.450 e. The molecule has 21 heavy (non-hydrogen) atoms. The first-order valence-corrected chi connectivity index (χ1v) is 8.11. The second kappa shape index (κ2) is 6.58. The Balaban J connectivity index is 2.42. The summed E-state index contributed by atoms with van der Waals surface area (Å²) < 4.78 is 6.72. The summed E-state index contributed by atoms with van der Waals surface area (Å²) in [6, 6.07) is 8.64. The van der Waals surface area contributed by atoms with E-state index in [2.05, 4.69) is 31.9 Å². The van der Waals surface area contributed by atoms with Crippen LogP contribution in [0.5, 0.6) is 11.5 Å². The van der Waals surface area contributed by atoms with Gasteiger partial charge in [-0.05, 0) is 48.7 Å². The van der Waals surface area contributed by atoms with Gasteiger partial charge in [-0.15, -0.1) is 0 Å². The molecule has 0 radical (unpaired) electrons. The predicted molar refractivity (Wildman–Crippen MR) is 89.4 cm³/mol. The lowest BCUT2D eigenvalue weighted by molar-refractivity contribution is -0.385. The average molecular weight is 415 g/mol. The number of aryl methyl sites for hydroxylation is 2. The van der Waals surface area contributed by atoms with Crippen molar-refractivity contribution >= 4 is 37.5 Å². The van der Waals surface area contributed by atoms with E-state index in [4.69, 9.17) is 4.74 Å². The first kappa shape index (κ1) is 16.0. The third kappa shape index (κ3) is 3.63. The highest BCUT2D eigenvalue weighted by Crippen LogP contribution is 2.35. The van der Waals surface area contributed by atoms with E-state index in [1.54, 1.807) is 12.1 Å². The minimum absolute atomic E-state index is 0.0369. The van der Waals surface area contributed by atoms with Crippen LogP contribution in [-0.4, -0.2) is 4.92 Å². The molecule has 2 rings (SSSR count). The van der Waals surface area contributed by atoms with Gasteiger partial charge >= 0.3 is 5.69 Å². The van der Waals surface area contributed by atoms with Crippen LogP contribution in [0.25, 0.3) is 0 Å². The highest BCUT2D eigenvalue weighted by atomic mass is 79.9. The van der Waals surface area contributed by atoms with Crippen molar-refractivity contribution in [2.75, 3.05) is 0 Å². The molecule has 2 aromatic rings. The molecule has 0 heterocycles. The van der Waals surface area contributed by atoms with Gasteiger partial charge in [0.1, 0.15) is 5.75 Å². The summed E-state index contributed by atoms with van der Waals surface area (Å²) in [6.45, 7) is 3.90. The topological polar surface area (TPSA) is 52.4 Å².